The summed E-state index contributed by atoms with van der Waals surface area (Å²) < 4.78 is 37.0. The van der Waals surface area contributed by atoms with Crippen LogP contribution in [-0.2, 0) is 15.7 Å². The van der Waals surface area contributed by atoms with Gasteiger partial charge in [-0.05, 0) is 24.3 Å². The minimum absolute atomic E-state index is 0.0559. The second-order valence-electron chi connectivity index (χ2n) is 7.03. The van der Waals surface area contributed by atoms with E-state index in [4.69, 9.17) is 21.1 Å². The number of fused-ring (bicyclic) bond motifs is 1. The van der Waals surface area contributed by atoms with E-state index in [0.29, 0.717) is 27.9 Å². The van der Waals surface area contributed by atoms with Crippen molar-refractivity contribution in [3.05, 3.63) is 47.0 Å². The van der Waals surface area contributed by atoms with E-state index in [9.17, 15) is 13.5 Å². The standard InChI is InChI=1S/C19H20ClN3O5S2/c1-22(2)30(25,26)17-8-12(4-6-14(17)20)19(24)10-29-18(23(19)3)21-13-5-7-15-16(9-13)28-11-27-15/h4-9,24H,10-11H2,1-3H3. The van der Waals surface area contributed by atoms with Gasteiger partial charge in [-0.15, -0.1) is 0 Å². The molecule has 0 aliphatic carbocycles. The number of hydrogen-bond donors (Lipinski definition) is 1. The zero-order chi connectivity index (χ0) is 21.7. The lowest BCUT2D eigenvalue weighted by Crippen LogP contribution is -2.42. The SMILES string of the molecule is CN1C(=Nc2ccc3c(c2)OCO3)SCC1(O)c1ccc(Cl)c(S(=O)(=O)N(C)C)c1. The molecule has 0 bridgehead atoms. The van der Waals surface area contributed by atoms with Gasteiger partial charge in [0.1, 0.15) is 4.90 Å². The highest BCUT2D eigenvalue weighted by molar-refractivity contribution is 8.14. The van der Waals surface area contributed by atoms with E-state index in [1.54, 1.807) is 36.2 Å². The quantitative estimate of drug-likeness (QED) is 0.736. The molecule has 1 saturated heterocycles. The first-order chi connectivity index (χ1) is 14.1. The van der Waals surface area contributed by atoms with Crippen molar-refractivity contribution in [3.63, 3.8) is 0 Å². The summed E-state index contributed by atoms with van der Waals surface area (Å²) in [5.74, 6) is 1.56. The Hall–Kier alpha value is -1.98. The van der Waals surface area contributed by atoms with Gasteiger partial charge in [-0.3, -0.25) is 0 Å². The lowest BCUT2D eigenvalue weighted by atomic mass is 10.0. The van der Waals surface area contributed by atoms with E-state index in [1.807, 2.05) is 0 Å². The molecule has 1 unspecified atom stereocenters. The topological polar surface area (TPSA) is 91.7 Å². The maximum atomic E-state index is 12.6. The molecule has 2 aromatic rings. The van der Waals surface area contributed by atoms with Crippen molar-refractivity contribution in [1.82, 2.24) is 9.21 Å². The smallest absolute Gasteiger partial charge is 0.244 e. The van der Waals surface area contributed by atoms with Crippen LogP contribution in [0, 0.1) is 0 Å². The van der Waals surface area contributed by atoms with Crippen molar-refractivity contribution in [2.24, 2.45) is 4.99 Å². The van der Waals surface area contributed by atoms with Crippen LogP contribution in [0.3, 0.4) is 0 Å². The molecule has 2 heterocycles. The highest BCUT2D eigenvalue weighted by Crippen LogP contribution is 2.41. The summed E-state index contributed by atoms with van der Waals surface area (Å²) in [6.07, 6.45) is 0. The average Bonchev–Trinajstić information content (AvgIpc) is 3.28. The Morgan fingerprint density at radius 2 is 1.93 bits per heavy atom. The van der Waals surface area contributed by atoms with Gasteiger partial charge in [0.2, 0.25) is 16.8 Å². The van der Waals surface area contributed by atoms with Gasteiger partial charge in [0.25, 0.3) is 0 Å². The van der Waals surface area contributed by atoms with Crippen LogP contribution in [0.1, 0.15) is 5.56 Å². The van der Waals surface area contributed by atoms with Gasteiger partial charge in [-0.25, -0.2) is 17.7 Å². The van der Waals surface area contributed by atoms with E-state index in [2.05, 4.69) is 4.99 Å². The summed E-state index contributed by atoms with van der Waals surface area (Å²) in [7, 11) is 0.809. The first-order valence-electron chi connectivity index (χ1n) is 8.93. The number of aliphatic imine (C=N–C) groups is 1. The van der Waals surface area contributed by atoms with E-state index in [1.165, 1.54) is 38.0 Å². The Labute approximate surface area is 184 Å². The van der Waals surface area contributed by atoms with Crippen molar-refractivity contribution in [2.75, 3.05) is 33.7 Å². The first-order valence-corrected chi connectivity index (χ1v) is 11.7. The molecule has 160 valence electrons. The van der Waals surface area contributed by atoms with Gasteiger partial charge in [-0.2, -0.15) is 0 Å². The van der Waals surface area contributed by atoms with Crippen molar-refractivity contribution in [3.8, 4) is 11.5 Å². The first kappa shape index (κ1) is 21.3. The average molecular weight is 470 g/mol. The van der Waals surface area contributed by atoms with E-state index in [0.717, 1.165) is 4.31 Å². The third kappa shape index (κ3) is 3.52. The molecule has 1 N–H and O–H groups in total. The number of thioether (sulfide) groups is 1. The van der Waals surface area contributed by atoms with Crippen LogP contribution < -0.4 is 9.47 Å². The van der Waals surface area contributed by atoms with Crippen LogP contribution in [0.5, 0.6) is 11.5 Å². The zero-order valence-electron chi connectivity index (χ0n) is 16.5. The minimum Gasteiger partial charge on any atom is -0.454 e. The maximum absolute atomic E-state index is 12.6. The summed E-state index contributed by atoms with van der Waals surface area (Å²) in [5.41, 5.74) is -0.371. The Morgan fingerprint density at radius 1 is 1.20 bits per heavy atom. The molecule has 4 rings (SSSR count). The molecule has 1 atom stereocenters. The van der Waals surface area contributed by atoms with Gasteiger partial charge < -0.3 is 19.5 Å². The van der Waals surface area contributed by atoms with Crippen LogP contribution >= 0.6 is 23.4 Å². The number of aliphatic hydroxyl groups is 1. The number of halogens is 1. The van der Waals surface area contributed by atoms with Crippen LogP contribution in [-0.4, -0.2) is 61.6 Å². The van der Waals surface area contributed by atoms with Gasteiger partial charge in [-0.1, -0.05) is 29.4 Å². The highest BCUT2D eigenvalue weighted by Gasteiger charge is 2.43. The highest BCUT2D eigenvalue weighted by atomic mass is 35.5. The molecule has 11 heteroatoms. The molecule has 0 aromatic heterocycles. The van der Waals surface area contributed by atoms with Crippen LogP contribution in [0.25, 0.3) is 0 Å². The maximum Gasteiger partial charge on any atom is 0.244 e. The summed E-state index contributed by atoms with van der Waals surface area (Å²) in [6, 6.07) is 9.87. The lowest BCUT2D eigenvalue weighted by Gasteiger charge is -2.31. The van der Waals surface area contributed by atoms with Crippen molar-refractivity contribution in [1.29, 1.82) is 0 Å². The summed E-state index contributed by atoms with van der Waals surface area (Å²) in [5, 5.41) is 12.1. The fourth-order valence-corrected chi connectivity index (χ4v) is 5.71. The Morgan fingerprint density at radius 3 is 2.67 bits per heavy atom. The summed E-state index contributed by atoms with van der Waals surface area (Å²) >= 11 is 7.51. The number of hydrogen-bond acceptors (Lipinski definition) is 7. The molecule has 8 nitrogen and oxygen atoms in total. The zero-order valence-corrected chi connectivity index (χ0v) is 18.9. The van der Waals surface area contributed by atoms with Crippen molar-refractivity contribution >= 4 is 44.2 Å². The molecular formula is C19H20ClN3O5S2. The van der Waals surface area contributed by atoms with Gasteiger partial charge in [0, 0.05) is 32.8 Å². The van der Waals surface area contributed by atoms with Crippen LogP contribution in [0.15, 0.2) is 46.3 Å². The van der Waals surface area contributed by atoms with Crippen LogP contribution in [0.2, 0.25) is 5.02 Å². The largest absolute Gasteiger partial charge is 0.454 e. The molecule has 30 heavy (non-hydrogen) atoms. The van der Waals surface area contributed by atoms with Gasteiger partial charge in [0.15, 0.2) is 22.4 Å². The number of amidine groups is 1. The molecule has 0 spiro atoms. The molecular weight excluding hydrogens is 450 g/mol. The number of ether oxygens (including phenoxy) is 2. The fraction of sp³-hybridized carbons (Fsp3) is 0.316. The molecule has 0 radical (unpaired) electrons. The number of benzene rings is 2. The predicted molar refractivity (Wildman–Crippen MR) is 116 cm³/mol. The second-order valence-corrected chi connectivity index (χ2v) is 10.5. The molecule has 2 aromatic carbocycles. The summed E-state index contributed by atoms with van der Waals surface area (Å²) in [6.45, 7) is 0.179. The third-order valence-electron chi connectivity index (χ3n) is 4.98. The number of rotatable bonds is 4. The van der Waals surface area contributed by atoms with Crippen molar-refractivity contribution < 1.29 is 23.0 Å². The second kappa shape index (κ2) is 7.61. The predicted octanol–water partition coefficient (Wildman–Crippen LogP) is 2.83. The van der Waals surface area contributed by atoms with E-state index >= 15 is 0 Å². The molecule has 2 aliphatic rings. The summed E-state index contributed by atoms with van der Waals surface area (Å²) in [4.78, 5) is 6.18. The van der Waals surface area contributed by atoms with Gasteiger partial charge >= 0.3 is 0 Å². The molecule has 0 saturated carbocycles. The lowest BCUT2D eigenvalue weighted by molar-refractivity contribution is -0.0349. The molecule has 1 fully saturated rings. The Balaban J connectivity index is 1.68. The molecule has 0 amide bonds. The normalized spacial score (nSPS) is 22.3. The van der Waals surface area contributed by atoms with E-state index in [-0.39, 0.29) is 22.5 Å². The molecule has 2 aliphatic heterocycles. The third-order valence-corrected chi connectivity index (χ3v) is 8.44. The Kier molecular flexibility index (Phi) is 5.39. The van der Waals surface area contributed by atoms with Crippen molar-refractivity contribution in [2.45, 2.75) is 10.6 Å². The van der Waals surface area contributed by atoms with Gasteiger partial charge in [0.05, 0.1) is 16.5 Å². The number of nitrogens with zero attached hydrogens (tertiary/aromatic N) is 3. The Bertz CT molecular complexity index is 1140. The van der Waals surface area contributed by atoms with Crippen LogP contribution in [0.4, 0.5) is 5.69 Å². The minimum atomic E-state index is -3.76. The fourth-order valence-electron chi connectivity index (χ4n) is 3.11. The number of sulfonamides is 1. The van der Waals surface area contributed by atoms with E-state index < -0.39 is 15.7 Å². The monoisotopic (exact) mass is 469 g/mol.